The van der Waals surface area contributed by atoms with Crippen LogP contribution >= 0.6 is 39.1 Å². The molecular formula is C23H27BrCl2N4. The summed E-state index contributed by atoms with van der Waals surface area (Å²) in [5, 5.41) is 2.14. The molecule has 0 fully saturated rings. The predicted molar refractivity (Wildman–Crippen MR) is 133 cm³/mol. The van der Waals surface area contributed by atoms with Crippen molar-refractivity contribution in [1.29, 1.82) is 0 Å². The molecule has 1 aromatic carbocycles. The number of nitrogens with one attached hydrogen (secondary N) is 1. The molecule has 0 atom stereocenters. The van der Waals surface area contributed by atoms with Crippen molar-refractivity contribution in [1.82, 2.24) is 15.0 Å². The van der Waals surface area contributed by atoms with Gasteiger partial charge in [0.1, 0.15) is 17.3 Å². The second-order valence-corrected chi connectivity index (χ2v) is 9.07. The molecule has 3 rings (SSSR count). The number of aromatic amines is 1. The van der Waals surface area contributed by atoms with E-state index in [0.717, 1.165) is 70.6 Å². The maximum Gasteiger partial charge on any atom is 0.144 e. The topological polar surface area (TPSA) is 44.8 Å². The fourth-order valence-corrected chi connectivity index (χ4v) is 5.09. The third-order valence-corrected chi connectivity index (χ3v) is 6.51. The summed E-state index contributed by atoms with van der Waals surface area (Å²) >= 11 is 16.4. The highest BCUT2D eigenvalue weighted by atomic mass is 79.9. The summed E-state index contributed by atoms with van der Waals surface area (Å²) in [6.45, 7) is 11.1. The first-order valence-electron chi connectivity index (χ1n) is 10.3. The maximum absolute atomic E-state index is 6.49. The van der Waals surface area contributed by atoms with E-state index in [9.17, 15) is 0 Å². The van der Waals surface area contributed by atoms with Gasteiger partial charge in [0.2, 0.25) is 0 Å². The van der Waals surface area contributed by atoms with Crippen LogP contribution in [0.4, 0.5) is 5.82 Å². The lowest BCUT2D eigenvalue weighted by atomic mass is 10.0. The van der Waals surface area contributed by atoms with Gasteiger partial charge in [-0.05, 0) is 53.9 Å². The highest BCUT2D eigenvalue weighted by Gasteiger charge is 2.25. The molecule has 7 heteroatoms. The average molecular weight is 510 g/mol. The van der Waals surface area contributed by atoms with Crippen molar-refractivity contribution in [2.75, 3.05) is 11.4 Å². The van der Waals surface area contributed by atoms with E-state index in [1.165, 1.54) is 0 Å². The van der Waals surface area contributed by atoms with Gasteiger partial charge in [-0.3, -0.25) is 0 Å². The third-order valence-electron chi connectivity index (χ3n) is 5.17. The molecule has 0 spiro atoms. The Kier molecular flexibility index (Phi) is 7.83. The fraction of sp³-hybridized carbons (Fsp3) is 0.391. The number of nitrogens with zero attached hydrogens (tertiary/aromatic N) is 3. The van der Waals surface area contributed by atoms with Crippen molar-refractivity contribution in [2.45, 2.75) is 52.5 Å². The van der Waals surface area contributed by atoms with Gasteiger partial charge in [-0.25, -0.2) is 9.97 Å². The quantitative estimate of drug-likeness (QED) is 0.297. The minimum Gasteiger partial charge on any atom is -0.349 e. The molecule has 0 aliphatic carbocycles. The van der Waals surface area contributed by atoms with Gasteiger partial charge in [0.25, 0.3) is 0 Å². The van der Waals surface area contributed by atoms with E-state index in [-0.39, 0.29) is 0 Å². The van der Waals surface area contributed by atoms with Crippen molar-refractivity contribution in [3.8, 4) is 11.3 Å². The highest BCUT2D eigenvalue weighted by molar-refractivity contribution is 9.10. The first kappa shape index (κ1) is 23.1. The Labute approximate surface area is 196 Å². The minimum absolute atomic E-state index is 0.389. The van der Waals surface area contributed by atoms with Gasteiger partial charge in [0, 0.05) is 23.2 Å². The normalized spacial score (nSPS) is 11.4. The Morgan fingerprint density at radius 2 is 1.90 bits per heavy atom. The zero-order valence-electron chi connectivity index (χ0n) is 17.6. The molecule has 30 heavy (non-hydrogen) atoms. The Morgan fingerprint density at radius 3 is 2.50 bits per heavy atom. The number of halogens is 3. The lowest BCUT2D eigenvalue weighted by Crippen LogP contribution is -2.36. The van der Waals surface area contributed by atoms with Crippen LogP contribution in [0.1, 0.15) is 45.4 Å². The van der Waals surface area contributed by atoms with Gasteiger partial charge >= 0.3 is 0 Å². The van der Waals surface area contributed by atoms with Crippen LogP contribution in [0.5, 0.6) is 0 Å². The predicted octanol–water partition coefficient (Wildman–Crippen LogP) is 7.96. The van der Waals surface area contributed by atoms with Crippen molar-refractivity contribution >= 4 is 56.0 Å². The molecule has 1 N–H and O–H groups in total. The van der Waals surface area contributed by atoms with Crippen molar-refractivity contribution in [2.24, 2.45) is 0 Å². The van der Waals surface area contributed by atoms with E-state index < -0.39 is 0 Å². The molecule has 2 heterocycles. The first-order chi connectivity index (χ1) is 14.4. The van der Waals surface area contributed by atoms with Crippen molar-refractivity contribution in [3.63, 3.8) is 0 Å². The molecule has 0 bridgehead atoms. The number of rotatable bonds is 9. The van der Waals surface area contributed by atoms with Gasteiger partial charge in [0.05, 0.1) is 20.6 Å². The van der Waals surface area contributed by atoms with Crippen molar-refractivity contribution < 1.29 is 0 Å². The van der Waals surface area contributed by atoms with Crippen molar-refractivity contribution in [3.05, 3.63) is 51.2 Å². The van der Waals surface area contributed by atoms with Gasteiger partial charge in [-0.15, -0.1) is 6.58 Å². The van der Waals surface area contributed by atoms with E-state index >= 15 is 0 Å². The maximum atomic E-state index is 6.49. The first-order valence-corrected chi connectivity index (χ1v) is 11.8. The molecule has 2 aromatic heterocycles. The number of hydrogen-bond donors (Lipinski definition) is 1. The summed E-state index contributed by atoms with van der Waals surface area (Å²) in [6.07, 6.45) is 6.38. The largest absolute Gasteiger partial charge is 0.349 e. The van der Waals surface area contributed by atoms with E-state index in [1.807, 2.05) is 25.1 Å². The summed E-state index contributed by atoms with van der Waals surface area (Å²) in [4.78, 5) is 15.3. The smallest absolute Gasteiger partial charge is 0.144 e. The molecule has 0 aliphatic heterocycles. The Morgan fingerprint density at radius 1 is 1.20 bits per heavy atom. The fourth-order valence-electron chi connectivity index (χ4n) is 3.90. The molecule has 4 nitrogen and oxygen atoms in total. The van der Waals surface area contributed by atoms with Crippen LogP contribution in [0.3, 0.4) is 0 Å². The van der Waals surface area contributed by atoms with E-state index in [0.29, 0.717) is 16.1 Å². The van der Waals surface area contributed by atoms with Crippen LogP contribution in [-0.2, 0) is 0 Å². The zero-order chi connectivity index (χ0) is 21.8. The minimum atomic E-state index is 0.389. The number of aryl methyl sites for hydroxylation is 1. The number of anilines is 1. The zero-order valence-corrected chi connectivity index (χ0v) is 20.7. The lowest BCUT2D eigenvalue weighted by molar-refractivity contribution is 0.514. The lowest BCUT2D eigenvalue weighted by Gasteiger charge is -2.32. The Bertz CT molecular complexity index is 1040. The molecule has 160 valence electrons. The van der Waals surface area contributed by atoms with Crippen LogP contribution < -0.4 is 4.90 Å². The summed E-state index contributed by atoms with van der Waals surface area (Å²) in [6, 6.07) is 5.89. The molecule has 0 radical (unpaired) electrons. The monoisotopic (exact) mass is 508 g/mol. The number of H-pyrrole nitrogens is 1. The molecule has 3 aromatic rings. The molecule has 0 amide bonds. The van der Waals surface area contributed by atoms with Gasteiger partial charge in [0.15, 0.2) is 0 Å². The summed E-state index contributed by atoms with van der Waals surface area (Å²) in [5.74, 6) is 1.64. The molecule has 0 saturated heterocycles. The second kappa shape index (κ2) is 10.2. The van der Waals surface area contributed by atoms with E-state index in [4.69, 9.17) is 28.2 Å². The highest BCUT2D eigenvalue weighted by Crippen LogP contribution is 2.42. The second-order valence-electron chi connectivity index (χ2n) is 7.43. The number of benzene rings is 1. The van der Waals surface area contributed by atoms with Gasteiger partial charge in [-0.2, -0.15) is 0 Å². The third kappa shape index (κ3) is 4.68. The van der Waals surface area contributed by atoms with Crippen LogP contribution in [0.2, 0.25) is 10.0 Å². The molecular weight excluding hydrogens is 483 g/mol. The summed E-state index contributed by atoms with van der Waals surface area (Å²) < 4.78 is 0.900. The van der Waals surface area contributed by atoms with Gasteiger partial charge in [-0.1, -0.05) is 56.0 Å². The van der Waals surface area contributed by atoms with Crippen LogP contribution in [0.25, 0.3) is 22.3 Å². The molecule has 0 saturated carbocycles. The summed E-state index contributed by atoms with van der Waals surface area (Å²) in [7, 11) is 0. The Hall–Kier alpha value is -1.56. The number of fused-ring (bicyclic) bond motifs is 1. The number of hydrogen-bond acceptors (Lipinski definition) is 3. The number of aromatic nitrogens is 3. The standard InChI is InChI=1S/C23H27BrCl2N4/c1-5-8-16(9-6-2)30(12-7-3)23-19-20(24)21(29-22(19)27-14(4)28-23)17-11-10-15(25)13-18(17)26/h7,10-11,13,16H,3,5-6,8-9,12H2,1-2,4H3,(H,27,28,29). The van der Waals surface area contributed by atoms with Crippen LogP contribution in [-0.4, -0.2) is 27.5 Å². The molecule has 0 unspecified atom stereocenters. The van der Waals surface area contributed by atoms with Gasteiger partial charge < -0.3 is 9.88 Å². The van der Waals surface area contributed by atoms with Crippen LogP contribution in [0, 0.1) is 6.92 Å². The van der Waals surface area contributed by atoms with Crippen LogP contribution in [0.15, 0.2) is 35.3 Å². The Balaban J connectivity index is 2.23. The molecule has 0 aliphatic rings. The van der Waals surface area contributed by atoms with E-state index in [2.05, 4.69) is 51.2 Å². The van der Waals surface area contributed by atoms with E-state index in [1.54, 1.807) is 6.07 Å². The average Bonchev–Trinajstić information content (AvgIpc) is 3.01. The summed E-state index contributed by atoms with van der Waals surface area (Å²) in [5.41, 5.74) is 2.52. The SMILES string of the molecule is C=CCN(c1nc(C)nc2[nH]c(-c3ccc(Cl)cc3Cl)c(Br)c12)C(CCC)CCC.